The molecule has 1 heterocycles. The number of hydrogen-bond donors (Lipinski definition) is 3. The summed E-state index contributed by atoms with van der Waals surface area (Å²) in [6.07, 6.45) is 2.94. The summed E-state index contributed by atoms with van der Waals surface area (Å²) in [6, 6.07) is 16.8. The molecular formula is C21H21N5O2. The maximum atomic E-state index is 12.4. The number of anilines is 3. The largest absolute Gasteiger partial charge is 0.344 e. The zero-order valence-electron chi connectivity index (χ0n) is 15.6. The van der Waals surface area contributed by atoms with E-state index in [1.54, 1.807) is 12.1 Å². The summed E-state index contributed by atoms with van der Waals surface area (Å²) in [5.41, 5.74) is 2.76. The summed E-state index contributed by atoms with van der Waals surface area (Å²) < 4.78 is 0. The first kappa shape index (κ1) is 19.0. The van der Waals surface area contributed by atoms with Crippen LogP contribution in [0.3, 0.4) is 0 Å². The van der Waals surface area contributed by atoms with Crippen LogP contribution in [0.15, 0.2) is 67.0 Å². The lowest BCUT2D eigenvalue weighted by atomic mass is 10.1. The molecule has 28 heavy (non-hydrogen) atoms. The minimum atomic E-state index is -0.282. The van der Waals surface area contributed by atoms with Gasteiger partial charge >= 0.3 is 0 Å². The van der Waals surface area contributed by atoms with Gasteiger partial charge in [0.05, 0.1) is 18.4 Å². The van der Waals surface area contributed by atoms with Crippen molar-refractivity contribution in [2.45, 2.75) is 19.9 Å². The molecule has 0 fully saturated rings. The fraction of sp³-hybridized carbons (Fsp3) is 0.143. The van der Waals surface area contributed by atoms with Crippen molar-refractivity contribution >= 4 is 29.0 Å². The molecule has 7 heteroatoms. The number of aromatic nitrogens is 2. The lowest BCUT2D eigenvalue weighted by Gasteiger charge is -2.14. The maximum absolute atomic E-state index is 12.4. The van der Waals surface area contributed by atoms with E-state index in [-0.39, 0.29) is 23.6 Å². The Morgan fingerprint density at radius 2 is 1.57 bits per heavy atom. The lowest BCUT2D eigenvalue weighted by molar-refractivity contribution is -0.114. The number of amides is 2. The first-order valence-corrected chi connectivity index (χ1v) is 8.84. The van der Waals surface area contributed by atoms with Crippen LogP contribution in [0.5, 0.6) is 0 Å². The van der Waals surface area contributed by atoms with E-state index < -0.39 is 0 Å². The normalized spacial score (nSPS) is 11.4. The van der Waals surface area contributed by atoms with Gasteiger partial charge in [0.1, 0.15) is 11.5 Å². The monoisotopic (exact) mass is 375 g/mol. The minimum Gasteiger partial charge on any atom is -0.344 e. The summed E-state index contributed by atoms with van der Waals surface area (Å²) in [5, 5.41) is 8.71. The molecular weight excluding hydrogens is 354 g/mol. The predicted molar refractivity (Wildman–Crippen MR) is 108 cm³/mol. The van der Waals surface area contributed by atoms with Crippen LogP contribution in [0, 0.1) is 0 Å². The third-order valence-corrected chi connectivity index (χ3v) is 4.01. The highest BCUT2D eigenvalue weighted by atomic mass is 16.2. The van der Waals surface area contributed by atoms with Crippen molar-refractivity contribution < 1.29 is 9.59 Å². The van der Waals surface area contributed by atoms with E-state index in [4.69, 9.17) is 0 Å². The second-order valence-corrected chi connectivity index (χ2v) is 6.28. The standard InChI is InChI=1S/C21H21N5O2/c1-14(16-6-4-3-5-7-16)24-21(28)19-12-23-20(13-22-19)26-18-10-8-17(9-11-18)25-15(2)27/h3-14H,1-2H3,(H,23,26)(H,24,28)(H,25,27). The van der Waals surface area contributed by atoms with Crippen LogP contribution in [-0.2, 0) is 4.79 Å². The molecule has 142 valence electrons. The summed E-state index contributed by atoms with van der Waals surface area (Å²) >= 11 is 0. The average molecular weight is 375 g/mol. The minimum absolute atomic E-state index is 0.123. The Balaban J connectivity index is 1.60. The molecule has 3 N–H and O–H groups in total. The van der Waals surface area contributed by atoms with Gasteiger partial charge in [-0.1, -0.05) is 30.3 Å². The van der Waals surface area contributed by atoms with E-state index in [1.165, 1.54) is 19.3 Å². The van der Waals surface area contributed by atoms with Crippen LogP contribution >= 0.6 is 0 Å². The third kappa shape index (κ3) is 5.14. The van der Waals surface area contributed by atoms with Gasteiger partial charge in [-0.25, -0.2) is 9.97 Å². The summed E-state index contributed by atoms with van der Waals surface area (Å²) in [5.74, 6) is 0.108. The van der Waals surface area contributed by atoms with Gasteiger partial charge in [-0.15, -0.1) is 0 Å². The Labute approximate surface area is 163 Å². The highest BCUT2D eigenvalue weighted by Crippen LogP contribution is 2.17. The molecule has 0 aliphatic rings. The molecule has 2 amide bonds. The Bertz CT molecular complexity index is 941. The maximum Gasteiger partial charge on any atom is 0.271 e. The molecule has 3 rings (SSSR count). The van der Waals surface area contributed by atoms with Crippen molar-refractivity contribution in [1.29, 1.82) is 0 Å². The average Bonchev–Trinajstić information content (AvgIpc) is 2.70. The predicted octanol–water partition coefficient (Wildman–Crippen LogP) is 3.67. The fourth-order valence-corrected chi connectivity index (χ4v) is 2.59. The van der Waals surface area contributed by atoms with E-state index in [0.717, 1.165) is 11.3 Å². The fourth-order valence-electron chi connectivity index (χ4n) is 2.59. The second kappa shape index (κ2) is 8.77. The smallest absolute Gasteiger partial charge is 0.271 e. The molecule has 3 aromatic rings. The van der Waals surface area contributed by atoms with E-state index in [2.05, 4.69) is 25.9 Å². The molecule has 0 saturated heterocycles. The molecule has 2 aromatic carbocycles. The summed E-state index contributed by atoms with van der Waals surface area (Å²) in [4.78, 5) is 31.8. The zero-order chi connectivity index (χ0) is 19.9. The SMILES string of the molecule is CC(=O)Nc1ccc(Nc2cnc(C(=O)NC(C)c3ccccc3)cn2)cc1. The number of benzene rings is 2. The molecule has 0 radical (unpaired) electrons. The molecule has 1 atom stereocenters. The molecule has 0 aliphatic carbocycles. The van der Waals surface area contributed by atoms with Crippen LogP contribution in [-0.4, -0.2) is 21.8 Å². The molecule has 0 bridgehead atoms. The molecule has 1 unspecified atom stereocenters. The van der Waals surface area contributed by atoms with Crippen LogP contribution in [0.2, 0.25) is 0 Å². The highest BCUT2D eigenvalue weighted by molar-refractivity contribution is 5.92. The first-order valence-electron chi connectivity index (χ1n) is 8.84. The lowest BCUT2D eigenvalue weighted by Crippen LogP contribution is -2.27. The van der Waals surface area contributed by atoms with Gasteiger partial charge in [0.25, 0.3) is 5.91 Å². The van der Waals surface area contributed by atoms with E-state index >= 15 is 0 Å². The second-order valence-electron chi connectivity index (χ2n) is 6.28. The van der Waals surface area contributed by atoms with E-state index in [1.807, 2.05) is 49.4 Å². The van der Waals surface area contributed by atoms with Crippen molar-refractivity contribution in [3.8, 4) is 0 Å². The summed E-state index contributed by atoms with van der Waals surface area (Å²) in [7, 11) is 0. The number of nitrogens with zero attached hydrogens (tertiary/aromatic N) is 2. The van der Waals surface area contributed by atoms with Gasteiger partial charge < -0.3 is 16.0 Å². The number of hydrogen-bond acceptors (Lipinski definition) is 5. The van der Waals surface area contributed by atoms with Crippen molar-refractivity contribution in [2.75, 3.05) is 10.6 Å². The molecule has 0 saturated carbocycles. The van der Waals surface area contributed by atoms with E-state index in [0.29, 0.717) is 11.5 Å². The summed E-state index contributed by atoms with van der Waals surface area (Å²) in [6.45, 7) is 3.38. The van der Waals surface area contributed by atoms with Crippen molar-refractivity contribution in [2.24, 2.45) is 0 Å². The highest BCUT2D eigenvalue weighted by Gasteiger charge is 2.13. The van der Waals surface area contributed by atoms with Crippen molar-refractivity contribution in [1.82, 2.24) is 15.3 Å². The van der Waals surface area contributed by atoms with E-state index in [9.17, 15) is 9.59 Å². The van der Waals surface area contributed by atoms with Gasteiger partial charge in [0.2, 0.25) is 5.91 Å². The number of carbonyl (C=O) groups is 2. The zero-order valence-corrected chi connectivity index (χ0v) is 15.6. The van der Waals surface area contributed by atoms with Gasteiger partial charge in [-0.2, -0.15) is 0 Å². The Kier molecular flexibility index (Phi) is 5.96. The molecule has 0 aliphatic heterocycles. The molecule has 7 nitrogen and oxygen atoms in total. The molecule has 0 spiro atoms. The molecule has 1 aromatic heterocycles. The van der Waals surface area contributed by atoms with Crippen LogP contribution in [0.25, 0.3) is 0 Å². The Morgan fingerprint density at radius 1 is 0.893 bits per heavy atom. The number of rotatable bonds is 6. The van der Waals surface area contributed by atoms with Gasteiger partial charge in [-0.3, -0.25) is 9.59 Å². The Hall–Kier alpha value is -3.74. The van der Waals surface area contributed by atoms with Crippen molar-refractivity contribution in [3.05, 3.63) is 78.2 Å². The van der Waals surface area contributed by atoms with Crippen LogP contribution < -0.4 is 16.0 Å². The topological polar surface area (TPSA) is 96.0 Å². The van der Waals surface area contributed by atoms with Crippen molar-refractivity contribution in [3.63, 3.8) is 0 Å². The van der Waals surface area contributed by atoms with Gasteiger partial charge in [-0.05, 0) is 36.8 Å². The first-order chi connectivity index (χ1) is 13.5. The quantitative estimate of drug-likeness (QED) is 0.611. The van der Waals surface area contributed by atoms with Crippen LogP contribution in [0.4, 0.5) is 17.2 Å². The third-order valence-electron chi connectivity index (χ3n) is 4.01. The van der Waals surface area contributed by atoms with Crippen LogP contribution in [0.1, 0.15) is 35.9 Å². The number of carbonyl (C=O) groups excluding carboxylic acids is 2. The van der Waals surface area contributed by atoms with Gasteiger partial charge in [0, 0.05) is 18.3 Å². The Morgan fingerprint density at radius 3 is 2.18 bits per heavy atom. The number of nitrogens with one attached hydrogen (secondary N) is 3. The van der Waals surface area contributed by atoms with Gasteiger partial charge in [0.15, 0.2) is 0 Å².